The van der Waals surface area contributed by atoms with Crippen LogP contribution < -0.4 is 5.73 Å². The Morgan fingerprint density at radius 2 is 1.78 bits per heavy atom. The monoisotopic (exact) mass is 534 g/mol. The van der Waals surface area contributed by atoms with Gasteiger partial charge in [-0.25, -0.2) is 0 Å². The highest BCUT2D eigenvalue weighted by molar-refractivity contribution is 9.10. The predicted octanol–water partition coefficient (Wildman–Crippen LogP) is 5.95. The Kier molecular flexibility index (Phi) is 6.23. The summed E-state index contributed by atoms with van der Waals surface area (Å²) >= 11 is 3.48. The lowest BCUT2D eigenvalue weighted by Gasteiger charge is -2.43. The van der Waals surface area contributed by atoms with E-state index in [-0.39, 0.29) is 17.2 Å². The summed E-state index contributed by atoms with van der Waals surface area (Å²) < 4.78 is 2.87. The molecular formula is C29H23BrN6. The Morgan fingerprint density at radius 1 is 1.06 bits per heavy atom. The molecule has 5 rings (SSSR count). The lowest BCUT2D eigenvalue weighted by Crippen LogP contribution is -2.42. The van der Waals surface area contributed by atoms with Crippen molar-refractivity contribution in [3.8, 4) is 29.5 Å². The van der Waals surface area contributed by atoms with Gasteiger partial charge in [0.15, 0.2) is 5.41 Å². The lowest BCUT2D eigenvalue weighted by atomic mass is 9.56. The van der Waals surface area contributed by atoms with Crippen molar-refractivity contribution in [3.63, 3.8) is 0 Å². The summed E-state index contributed by atoms with van der Waals surface area (Å²) in [5.74, 6) is -0.724. The van der Waals surface area contributed by atoms with Crippen molar-refractivity contribution in [1.29, 1.82) is 15.8 Å². The van der Waals surface area contributed by atoms with Crippen molar-refractivity contribution in [3.05, 3.63) is 99.3 Å². The van der Waals surface area contributed by atoms with E-state index in [1.807, 2.05) is 65.5 Å². The fourth-order valence-corrected chi connectivity index (χ4v) is 5.82. The third-order valence-corrected chi connectivity index (χ3v) is 7.76. The first-order valence-electron chi connectivity index (χ1n) is 11.8. The number of allylic oxidation sites excluding steroid dienone is 4. The molecule has 2 aliphatic rings. The number of benzene rings is 2. The number of nitrogens with zero attached hydrogens (tertiary/aromatic N) is 5. The fraction of sp³-hybridized carbons (Fsp3) is 0.241. The van der Waals surface area contributed by atoms with E-state index in [1.165, 1.54) is 0 Å². The molecule has 2 N–H and O–H groups in total. The topological polar surface area (TPSA) is 115 Å². The standard InChI is InChI=1S/C29H23BrN6/c30-21-12-10-19(11-13-21)15-36-16-25(27(35-36)20-6-2-1-3-7-20)26-23-9-5-4-8-22(23)24(14-31)28(34)29(26,17-32)18-33/h1-3,6-8,10-13,16,23,26H,4-5,9,15,34H2/t23-,26-/m0/s1. The molecule has 0 radical (unpaired) electrons. The highest BCUT2D eigenvalue weighted by Gasteiger charge is 2.54. The zero-order valence-corrected chi connectivity index (χ0v) is 21.1. The normalized spacial score (nSPS) is 20.4. The molecule has 3 aromatic rings. The van der Waals surface area contributed by atoms with Crippen LogP contribution in [0.4, 0.5) is 0 Å². The molecule has 0 saturated heterocycles. The Labute approximate surface area is 218 Å². The molecular weight excluding hydrogens is 512 g/mol. The van der Waals surface area contributed by atoms with Crippen LogP contribution in [0.15, 0.2) is 88.2 Å². The number of rotatable bonds is 4. The van der Waals surface area contributed by atoms with Gasteiger partial charge in [-0.1, -0.05) is 64.5 Å². The zero-order chi connectivity index (χ0) is 25.3. The molecule has 0 saturated carbocycles. The van der Waals surface area contributed by atoms with E-state index >= 15 is 0 Å². The molecule has 0 amide bonds. The van der Waals surface area contributed by atoms with Gasteiger partial charge in [-0.05, 0) is 48.4 Å². The first kappa shape index (κ1) is 23.6. The van der Waals surface area contributed by atoms with Gasteiger partial charge in [0.25, 0.3) is 0 Å². The average Bonchev–Trinajstić information content (AvgIpc) is 3.33. The van der Waals surface area contributed by atoms with Gasteiger partial charge in [0.05, 0.1) is 35.6 Å². The molecule has 2 atom stereocenters. The van der Waals surface area contributed by atoms with Crippen LogP contribution in [0.5, 0.6) is 0 Å². The summed E-state index contributed by atoms with van der Waals surface area (Å²) in [5, 5.41) is 35.7. The number of nitriles is 3. The smallest absolute Gasteiger partial charge is 0.191 e. The third-order valence-electron chi connectivity index (χ3n) is 7.23. The minimum Gasteiger partial charge on any atom is -0.399 e. The second-order valence-corrected chi connectivity index (χ2v) is 10.1. The lowest BCUT2D eigenvalue weighted by molar-refractivity contribution is 0.318. The summed E-state index contributed by atoms with van der Waals surface area (Å²) in [5.41, 5.74) is 9.52. The first-order chi connectivity index (χ1) is 17.5. The van der Waals surface area contributed by atoms with Gasteiger partial charge >= 0.3 is 0 Å². The summed E-state index contributed by atoms with van der Waals surface area (Å²) in [7, 11) is 0. The van der Waals surface area contributed by atoms with Crippen molar-refractivity contribution >= 4 is 15.9 Å². The van der Waals surface area contributed by atoms with Crippen LogP contribution in [-0.2, 0) is 6.54 Å². The molecule has 0 bridgehead atoms. The summed E-state index contributed by atoms with van der Waals surface area (Å²) in [6.07, 6.45) is 6.54. The molecule has 2 aliphatic carbocycles. The maximum Gasteiger partial charge on any atom is 0.191 e. The molecule has 6 nitrogen and oxygen atoms in total. The number of aromatic nitrogens is 2. The average molecular weight is 535 g/mol. The molecule has 0 unspecified atom stereocenters. The number of hydrogen-bond acceptors (Lipinski definition) is 5. The highest BCUT2D eigenvalue weighted by atomic mass is 79.9. The van der Waals surface area contributed by atoms with Gasteiger partial charge in [0.1, 0.15) is 6.07 Å². The minimum absolute atomic E-state index is 0.0454. The molecule has 2 aromatic carbocycles. The van der Waals surface area contributed by atoms with Gasteiger partial charge in [0.2, 0.25) is 0 Å². The summed E-state index contributed by atoms with van der Waals surface area (Å²) in [6.45, 7) is 0.536. The second-order valence-electron chi connectivity index (χ2n) is 9.23. The summed E-state index contributed by atoms with van der Waals surface area (Å²) in [4.78, 5) is 0. The van der Waals surface area contributed by atoms with Crippen molar-refractivity contribution in [1.82, 2.24) is 9.78 Å². The maximum absolute atomic E-state index is 10.4. The van der Waals surface area contributed by atoms with E-state index in [2.05, 4.69) is 40.2 Å². The first-order valence-corrected chi connectivity index (χ1v) is 12.6. The van der Waals surface area contributed by atoms with E-state index in [0.29, 0.717) is 6.54 Å². The number of halogens is 1. The van der Waals surface area contributed by atoms with Crippen LogP contribution >= 0.6 is 15.9 Å². The van der Waals surface area contributed by atoms with Crippen molar-refractivity contribution in [2.24, 2.45) is 17.1 Å². The second kappa shape index (κ2) is 9.50. The van der Waals surface area contributed by atoms with Crippen LogP contribution in [0.3, 0.4) is 0 Å². The molecule has 1 aromatic heterocycles. The Morgan fingerprint density at radius 3 is 2.44 bits per heavy atom. The van der Waals surface area contributed by atoms with E-state index in [0.717, 1.165) is 51.7 Å². The van der Waals surface area contributed by atoms with Crippen LogP contribution in [0.2, 0.25) is 0 Å². The van der Waals surface area contributed by atoms with Crippen molar-refractivity contribution in [2.75, 3.05) is 0 Å². The minimum atomic E-state index is -1.67. The van der Waals surface area contributed by atoms with E-state index in [9.17, 15) is 15.8 Å². The third kappa shape index (κ3) is 3.81. The number of hydrogen-bond donors (Lipinski definition) is 1. The van der Waals surface area contributed by atoms with Crippen LogP contribution in [0, 0.1) is 45.3 Å². The SMILES string of the molecule is N#CC1=C(N)C(C#N)(C#N)[C@H](c2cn(Cc3ccc(Br)cc3)nc2-c2ccccc2)[C@H]2CCCC=C12. The van der Waals surface area contributed by atoms with Crippen LogP contribution in [0.25, 0.3) is 11.3 Å². The molecule has 0 spiro atoms. The maximum atomic E-state index is 10.4. The summed E-state index contributed by atoms with van der Waals surface area (Å²) in [6, 6.07) is 24.5. The molecule has 176 valence electrons. The predicted molar refractivity (Wildman–Crippen MR) is 140 cm³/mol. The Hall–Kier alpha value is -4.12. The van der Waals surface area contributed by atoms with Gasteiger partial charge in [0, 0.05) is 27.7 Å². The zero-order valence-electron chi connectivity index (χ0n) is 19.5. The molecule has 1 heterocycles. The van der Waals surface area contributed by atoms with E-state index in [4.69, 9.17) is 10.8 Å². The van der Waals surface area contributed by atoms with Crippen LogP contribution in [-0.4, -0.2) is 9.78 Å². The highest BCUT2D eigenvalue weighted by Crippen LogP contribution is 2.57. The van der Waals surface area contributed by atoms with Crippen LogP contribution in [0.1, 0.15) is 36.3 Å². The molecule has 0 fully saturated rings. The largest absolute Gasteiger partial charge is 0.399 e. The Bertz CT molecular complexity index is 1480. The van der Waals surface area contributed by atoms with Gasteiger partial charge in [-0.3, -0.25) is 4.68 Å². The quantitative estimate of drug-likeness (QED) is 0.443. The van der Waals surface area contributed by atoms with E-state index < -0.39 is 11.3 Å². The molecule has 36 heavy (non-hydrogen) atoms. The van der Waals surface area contributed by atoms with Crippen molar-refractivity contribution < 1.29 is 0 Å². The Balaban J connectivity index is 1.74. The van der Waals surface area contributed by atoms with Gasteiger partial charge in [-0.2, -0.15) is 20.9 Å². The fourth-order valence-electron chi connectivity index (χ4n) is 5.56. The van der Waals surface area contributed by atoms with E-state index in [1.54, 1.807) is 0 Å². The van der Waals surface area contributed by atoms with Gasteiger partial charge < -0.3 is 5.73 Å². The number of nitrogens with two attached hydrogens (primary N) is 1. The van der Waals surface area contributed by atoms with Gasteiger partial charge in [-0.15, -0.1) is 0 Å². The molecule has 7 heteroatoms. The number of fused-ring (bicyclic) bond motifs is 1. The van der Waals surface area contributed by atoms with Crippen molar-refractivity contribution in [2.45, 2.75) is 31.7 Å². The molecule has 0 aliphatic heterocycles.